The van der Waals surface area contributed by atoms with Crippen molar-refractivity contribution in [2.45, 2.75) is 26.7 Å². The lowest BCUT2D eigenvalue weighted by atomic mass is 10.6. The molecule has 0 aromatic rings. The summed E-state index contributed by atoms with van der Waals surface area (Å²) >= 11 is 0. The molecule has 0 aromatic heterocycles. The Labute approximate surface area is 85.5 Å². The summed E-state index contributed by atoms with van der Waals surface area (Å²) in [5, 5.41) is 11.2. The first kappa shape index (κ1) is 13.7. The molecule has 0 rings (SSSR count). The van der Waals surface area contributed by atoms with Gasteiger partial charge in [-0.05, 0) is 12.8 Å². The first-order valence-corrected chi connectivity index (χ1v) is 7.30. The smallest absolute Gasteiger partial charge is 0.317 e. The lowest BCUT2D eigenvalue weighted by Crippen LogP contribution is -2.24. The van der Waals surface area contributed by atoms with Crippen LogP contribution in [0, 0.1) is 0 Å². The molecule has 0 saturated heterocycles. The van der Waals surface area contributed by atoms with E-state index in [0.29, 0.717) is 18.6 Å². The molecule has 0 spiro atoms. The largest absolute Gasteiger partial charge is 0.480 e. The van der Waals surface area contributed by atoms with Gasteiger partial charge in [-0.15, -0.1) is 0 Å². The summed E-state index contributed by atoms with van der Waals surface area (Å²) in [4.78, 5) is 10.2. The summed E-state index contributed by atoms with van der Waals surface area (Å²) in [6, 6.07) is 0. The third kappa shape index (κ3) is 6.17. The summed E-state index contributed by atoms with van der Waals surface area (Å²) in [5.41, 5.74) is 0. The van der Waals surface area contributed by atoms with Gasteiger partial charge in [-0.25, -0.2) is 0 Å². The minimum atomic E-state index is -2.15. The average molecular weight is 221 g/mol. The van der Waals surface area contributed by atoms with Crippen LogP contribution < -0.4 is 5.32 Å². The number of carboxylic acid groups (broad SMARTS) is 1. The third-order valence-electron chi connectivity index (χ3n) is 1.94. The highest BCUT2D eigenvalue weighted by molar-refractivity contribution is 7.63. The highest BCUT2D eigenvalue weighted by atomic mass is 31.2. The second kappa shape index (κ2) is 7.02. The molecular weight excluding hydrogens is 201 g/mol. The van der Waals surface area contributed by atoms with E-state index in [1.807, 2.05) is 13.8 Å². The van der Waals surface area contributed by atoms with E-state index in [9.17, 15) is 9.36 Å². The molecule has 0 radical (unpaired) electrons. The van der Waals surface area contributed by atoms with E-state index in [-0.39, 0.29) is 6.54 Å². The van der Waals surface area contributed by atoms with Crippen molar-refractivity contribution in [1.82, 2.24) is 5.32 Å². The lowest BCUT2D eigenvalue weighted by molar-refractivity contribution is -0.135. The van der Waals surface area contributed by atoms with Crippen molar-refractivity contribution in [3.05, 3.63) is 0 Å². The van der Waals surface area contributed by atoms with Crippen LogP contribution in [-0.2, 0) is 9.36 Å². The lowest BCUT2D eigenvalue weighted by Gasteiger charge is -2.16. The molecule has 0 saturated carbocycles. The zero-order chi connectivity index (χ0) is 11.0. The van der Waals surface area contributed by atoms with Gasteiger partial charge in [0.25, 0.3) is 0 Å². The van der Waals surface area contributed by atoms with Gasteiger partial charge in [0.05, 0.1) is 6.54 Å². The first-order chi connectivity index (χ1) is 6.54. The molecule has 0 aromatic carbocycles. The van der Waals surface area contributed by atoms with Gasteiger partial charge < -0.3 is 15.0 Å². The van der Waals surface area contributed by atoms with Gasteiger partial charge >= 0.3 is 5.97 Å². The number of aliphatic carboxylic acids is 1. The fourth-order valence-electron chi connectivity index (χ4n) is 1.45. The molecular formula is C9H20NO3P. The Bertz CT molecular complexity index is 208. The Morgan fingerprint density at radius 3 is 2.14 bits per heavy atom. The van der Waals surface area contributed by atoms with Crippen LogP contribution in [0.15, 0.2) is 0 Å². The zero-order valence-corrected chi connectivity index (χ0v) is 9.85. The van der Waals surface area contributed by atoms with Crippen LogP contribution >= 0.6 is 7.14 Å². The number of carboxylic acids is 1. The molecule has 0 bridgehead atoms. The Morgan fingerprint density at radius 1 is 1.29 bits per heavy atom. The van der Waals surface area contributed by atoms with Crippen LogP contribution in [0.3, 0.4) is 0 Å². The monoisotopic (exact) mass is 221 g/mol. The van der Waals surface area contributed by atoms with Gasteiger partial charge in [-0.2, -0.15) is 0 Å². The van der Waals surface area contributed by atoms with Crippen LogP contribution in [0.25, 0.3) is 0 Å². The Balaban J connectivity index is 3.96. The standard InChI is InChI=1S/C9H20NO3P/c1-3-5-14(13,6-4-2)8-10-7-9(11)12/h10H,3-8H2,1-2H3,(H,11,12). The molecule has 2 N–H and O–H groups in total. The number of rotatable bonds is 8. The molecule has 0 heterocycles. The highest BCUT2D eigenvalue weighted by Crippen LogP contribution is 2.45. The molecule has 0 amide bonds. The Hall–Kier alpha value is -0.340. The SMILES string of the molecule is CCCP(=O)(CCC)CNCC(=O)O. The fourth-order valence-corrected chi connectivity index (χ4v) is 4.14. The van der Waals surface area contributed by atoms with E-state index < -0.39 is 13.1 Å². The summed E-state index contributed by atoms with van der Waals surface area (Å²) in [6.07, 6.45) is 3.58. The van der Waals surface area contributed by atoms with Gasteiger partial charge in [-0.1, -0.05) is 13.8 Å². The van der Waals surface area contributed by atoms with E-state index in [1.165, 1.54) is 0 Å². The molecule has 5 heteroatoms. The number of hydrogen-bond donors (Lipinski definition) is 2. The number of hydrogen-bond acceptors (Lipinski definition) is 3. The van der Waals surface area contributed by atoms with Crippen LogP contribution in [0.4, 0.5) is 0 Å². The maximum Gasteiger partial charge on any atom is 0.317 e. The van der Waals surface area contributed by atoms with Crippen LogP contribution in [0.2, 0.25) is 0 Å². The van der Waals surface area contributed by atoms with Gasteiger partial charge in [0.2, 0.25) is 0 Å². The first-order valence-electron chi connectivity index (χ1n) is 5.03. The Morgan fingerprint density at radius 2 is 1.79 bits per heavy atom. The second-order valence-corrected chi connectivity index (χ2v) is 6.81. The van der Waals surface area contributed by atoms with Crippen LogP contribution in [-0.4, -0.2) is 36.2 Å². The summed E-state index contributed by atoms with van der Waals surface area (Å²) < 4.78 is 12.1. The van der Waals surface area contributed by atoms with Crippen molar-refractivity contribution in [1.29, 1.82) is 0 Å². The molecule has 4 nitrogen and oxygen atoms in total. The maximum absolute atomic E-state index is 12.1. The minimum absolute atomic E-state index is 0.0998. The predicted molar refractivity (Wildman–Crippen MR) is 58.4 cm³/mol. The van der Waals surface area contributed by atoms with Crippen LogP contribution in [0.5, 0.6) is 0 Å². The second-order valence-electron chi connectivity index (χ2n) is 3.48. The van der Waals surface area contributed by atoms with Crippen molar-refractivity contribution in [2.75, 3.05) is 25.2 Å². The molecule has 14 heavy (non-hydrogen) atoms. The van der Waals surface area contributed by atoms with Crippen molar-refractivity contribution in [3.63, 3.8) is 0 Å². The highest BCUT2D eigenvalue weighted by Gasteiger charge is 2.19. The quantitative estimate of drug-likeness (QED) is 0.613. The normalized spacial score (nSPS) is 11.6. The molecule has 0 aliphatic carbocycles. The van der Waals surface area contributed by atoms with Gasteiger partial charge in [0, 0.05) is 18.6 Å². The predicted octanol–water partition coefficient (Wildman–Crippen LogP) is 1.80. The molecule has 0 atom stereocenters. The maximum atomic E-state index is 12.1. The van der Waals surface area contributed by atoms with Gasteiger partial charge in [-0.3, -0.25) is 4.79 Å². The van der Waals surface area contributed by atoms with E-state index >= 15 is 0 Å². The summed E-state index contributed by atoms with van der Waals surface area (Å²) in [7, 11) is -2.15. The fraction of sp³-hybridized carbons (Fsp3) is 0.889. The van der Waals surface area contributed by atoms with E-state index in [1.54, 1.807) is 0 Å². The molecule has 0 fully saturated rings. The minimum Gasteiger partial charge on any atom is -0.480 e. The number of carbonyl (C=O) groups is 1. The van der Waals surface area contributed by atoms with Crippen molar-refractivity contribution < 1.29 is 14.5 Å². The topological polar surface area (TPSA) is 66.4 Å². The summed E-state index contributed by atoms with van der Waals surface area (Å²) in [5.74, 6) is -0.899. The third-order valence-corrected chi connectivity index (χ3v) is 5.26. The van der Waals surface area contributed by atoms with E-state index in [2.05, 4.69) is 5.32 Å². The number of nitrogens with one attached hydrogen (secondary N) is 1. The zero-order valence-electron chi connectivity index (χ0n) is 8.95. The van der Waals surface area contributed by atoms with Gasteiger partial charge in [0.15, 0.2) is 0 Å². The summed E-state index contributed by atoms with van der Waals surface area (Å²) in [6.45, 7) is 3.90. The molecule has 0 aliphatic rings. The van der Waals surface area contributed by atoms with Crippen molar-refractivity contribution in [2.24, 2.45) is 0 Å². The molecule has 0 aliphatic heterocycles. The van der Waals surface area contributed by atoms with Crippen molar-refractivity contribution in [3.8, 4) is 0 Å². The van der Waals surface area contributed by atoms with Crippen LogP contribution in [0.1, 0.15) is 26.7 Å². The molecule has 84 valence electrons. The van der Waals surface area contributed by atoms with Gasteiger partial charge in [0.1, 0.15) is 7.14 Å². The Kier molecular flexibility index (Phi) is 6.85. The van der Waals surface area contributed by atoms with E-state index in [0.717, 1.165) is 12.8 Å². The van der Waals surface area contributed by atoms with E-state index in [4.69, 9.17) is 5.11 Å². The molecule has 0 unspecified atom stereocenters. The van der Waals surface area contributed by atoms with Crippen molar-refractivity contribution >= 4 is 13.1 Å². The average Bonchev–Trinajstić information content (AvgIpc) is 2.03.